The summed E-state index contributed by atoms with van der Waals surface area (Å²) in [4.78, 5) is 0. The van der Waals surface area contributed by atoms with Gasteiger partial charge in [0.15, 0.2) is 0 Å². The van der Waals surface area contributed by atoms with E-state index in [4.69, 9.17) is 0 Å². The summed E-state index contributed by atoms with van der Waals surface area (Å²) < 4.78 is 1.81. The number of aromatic nitrogens is 4. The first-order valence-electron chi connectivity index (χ1n) is 6.77. The van der Waals surface area contributed by atoms with Crippen molar-refractivity contribution >= 4 is 11.8 Å². The summed E-state index contributed by atoms with van der Waals surface area (Å²) in [6.07, 6.45) is 0. The van der Waals surface area contributed by atoms with Crippen LogP contribution in [0.15, 0.2) is 53.7 Å². The molecule has 106 valence electrons. The topological polar surface area (TPSA) is 43.6 Å². The highest BCUT2D eigenvalue weighted by Crippen LogP contribution is 2.24. The van der Waals surface area contributed by atoms with Gasteiger partial charge in [-0.2, -0.15) is 4.68 Å². The van der Waals surface area contributed by atoms with Crippen molar-refractivity contribution in [3.05, 3.63) is 65.2 Å². The Bertz CT molecular complexity index is 737. The van der Waals surface area contributed by atoms with Gasteiger partial charge in [0, 0.05) is 5.75 Å². The highest BCUT2D eigenvalue weighted by Gasteiger charge is 2.11. The van der Waals surface area contributed by atoms with Crippen LogP contribution in [0.2, 0.25) is 0 Å². The fourth-order valence-corrected chi connectivity index (χ4v) is 3.02. The fourth-order valence-electron chi connectivity index (χ4n) is 2.19. The Morgan fingerprint density at radius 2 is 1.86 bits per heavy atom. The van der Waals surface area contributed by atoms with E-state index in [9.17, 15) is 0 Å². The summed E-state index contributed by atoms with van der Waals surface area (Å²) in [7, 11) is 0. The molecule has 0 bridgehead atoms. The van der Waals surface area contributed by atoms with Gasteiger partial charge in [0.2, 0.25) is 5.16 Å². The number of hydrogen-bond acceptors (Lipinski definition) is 4. The van der Waals surface area contributed by atoms with Gasteiger partial charge in [-0.1, -0.05) is 59.8 Å². The molecule has 0 saturated heterocycles. The Morgan fingerprint density at radius 1 is 1.05 bits per heavy atom. The minimum absolute atomic E-state index is 0.811. The molecule has 1 aromatic heterocycles. The molecule has 1 heterocycles. The monoisotopic (exact) mass is 296 g/mol. The van der Waals surface area contributed by atoms with Crippen LogP contribution in [0, 0.1) is 13.8 Å². The zero-order chi connectivity index (χ0) is 14.7. The highest BCUT2D eigenvalue weighted by atomic mass is 32.2. The molecule has 5 heteroatoms. The van der Waals surface area contributed by atoms with Crippen LogP contribution in [0.3, 0.4) is 0 Å². The molecule has 3 rings (SSSR count). The van der Waals surface area contributed by atoms with Crippen molar-refractivity contribution in [3.8, 4) is 5.69 Å². The number of benzene rings is 2. The zero-order valence-electron chi connectivity index (χ0n) is 12.0. The van der Waals surface area contributed by atoms with Crippen LogP contribution < -0.4 is 0 Å². The van der Waals surface area contributed by atoms with Gasteiger partial charge in [0.1, 0.15) is 0 Å². The van der Waals surface area contributed by atoms with E-state index in [1.54, 1.807) is 11.8 Å². The second-order valence-electron chi connectivity index (χ2n) is 4.94. The van der Waals surface area contributed by atoms with Gasteiger partial charge < -0.3 is 0 Å². The molecule has 0 aliphatic heterocycles. The van der Waals surface area contributed by atoms with Crippen LogP contribution in [0.1, 0.15) is 16.7 Å². The molecule has 0 atom stereocenters. The minimum atomic E-state index is 0.811. The quantitative estimate of drug-likeness (QED) is 0.690. The number of rotatable bonds is 4. The summed E-state index contributed by atoms with van der Waals surface area (Å²) in [5.74, 6) is 0.853. The van der Waals surface area contributed by atoms with E-state index in [0.717, 1.165) is 16.6 Å². The van der Waals surface area contributed by atoms with Crippen molar-refractivity contribution < 1.29 is 0 Å². The zero-order valence-corrected chi connectivity index (χ0v) is 12.8. The molecule has 21 heavy (non-hydrogen) atoms. The molecular formula is C16H16N4S. The molecule has 0 aliphatic rings. The van der Waals surface area contributed by atoms with E-state index in [1.807, 2.05) is 22.9 Å². The maximum Gasteiger partial charge on any atom is 0.214 e. The Morgan fingerprint density at radius 3 is 2.62 bits per heavy atom. The van der Waals surface area contributed by atoms with Crippen molar-refractivity contribution in [1.29, 1.82) is 0 Å². The number of nitrogens with zero attached hydrogens (tertiary/aromatic N) is 4. The lowest BCUT2D eigenvalue weighted by atomic mass is 10.1. The predicted molar refractivity (Wildman–Crippen MR) is 84.6 cm³/mol. The fraction of sp³-hybridized carbons (Fsp3) is 0.188. The van der Waals surface area contributed by atoms with E-state index in [-0.39, 0.29) is 0 Å². The molecule has 0 aliphatic carbocycles. The molecule has 0 amide bonds. The van der Waals surface area contributed by atoms with Gasteiger partial charge in [0.25, 0.3) is 0 Å². The van der Waals surface area contributed by atoms with E-state index in [2.05, 4.69) is 59.7 Å². The lowest BCUT2D eigenvalue weighted by Gasteiger charge is -2.08. The molecule has 4 nitrogen and oxygen atoms in total. The van der Waals surface area contributed by atoms with Crippen molar-refractivity contribution in [2.24, 2.45) is 0 Å². The van der Waals surface area contributed by atoms with Crippen molar-refractivity contribution in [3.63, 3.8) is 0 Å². The van der Waals surface area contributed by atoms with Crippen molar-refractivity contribution in [2.75, 3.05) is 0 Å². The SMILES string of the molecule is Cc1ccc(-n2nnnc2SCc2ccccc2)c(C)c1. The summed E-state index contributed by atoms with van der Waals surface area (Å²) in [5, 5.41) is 12.9. The summed E-state index contributed by atoms with van der Waals surface area (Å²) >= 11 is 1.64. The van der Waals surface area contributed by atoms with Gasteiger partial charge in [-0.05, 0) is 41.5 Å². The third-order valence-corrected chi connectivity index (χ3v) is 4.22. The van der Waals surface area contributed by atoms with Crippen molar-refractivity contribution in [2.45, 2.75) is 24.8 Å². The molecule has 0 saturated carbocycles. The van der Waals surface area contributed by atoms with Gasteiger partial charge in [-0.3, -0.25) is 0 Å². The number of tetrazole rings is 1. The first kappa shape index (κ1) is 13.8. The largest absolute Gasteiger partial charge is 0.214 e. The summed E-state index contributed by atoms with van der Waals surface area (Å²) in [6, 6.07) is 16.6. The van der Waals surface area contributed by atoms with Crippen molar-refractivity contribution in [1.82, 2.24) is 20.2 Å². The molecule has 3 aromatic rings. The third-order valence-electron chi connectivity index (χ3n) is 3.23. The highest BCUT2D eigenvalue weighted by molar-refractivity contribution is 7.98. The Labute approximate surface area is 128 Å². The minimum Gasteiger partial charge on any atom is -0.187 e. The Hall–Kier alpha value is -2.14. The smallest absolute Gasteiger partial charge is 0.187 e. The van der Waals surface area contributed by atoms with Gasteiger partial charge in [0.05, 0.1) is 5.69 Å². The van der Waals surface area contributed by atoms with Crippen LogP contribution in [0.5, 0.6) is 0 Å². The van der Waals surface area contributed by atoms with Crippen LogP contribution in [0.25, 0.3) is 5.69 Å². The second kappa shape index (κ2) is 6.10. The lowest BCUT2D eigenvalue weighted by Crippen LogP contribution is -2.01. The average Bonchev–Trinajstić information content (AvgIpc) is 2.94. The summed E-state index contributed by atoms with van der Waals surface area (Å²) in [6.45, 7) is 4.16. The normalized spacial score (nSPS) is 10.8. The maximum absolute atomic E-state index is 4.14. The molecule has 0 N–H and O–H groups in total. The molecule has 0 unspecified atom stereocenters. The predicted octanol–water partition coefficient (Wildman–Crippen LogP) is 3.57. The number of hydrogen-bond donors (Lipinski definition) is 0. The van der Waals surface area contributed by atoms with Gasteiger partial charge >= 0.3 is 0 Å². The second-order valence-corrected chi connectivity index (χ2v) is 5.88. The number of aryl methyl sites for hydroxylation is 2. The lowest BCUT2D eigenvalue weighted by molar-refractivity contribution is 0.751. The Kier molecular flexibility index (Phi) is 4.01. The van der Waals surface area contributed by atoms with E-state index in [0.29, 0.717) is 0 Å². The van der Waals surface area contributed by atoms with Crippen LogP contribution >= 0.6 is 11.8 Å². The van der Waals surface area contributed by atoms with E-state index in [1.165, 1.54) is 16.7 Å². The van der Waals surface area contributed by atoms with E-state index < -0.39 is 0 Å². The Balaban J connectivity index is 1.84. The standard InChI is InChI=1S/C16H16N4S/c1-12-8-9-15(13(2)10-12)20-16(17-18-19-20)21-11-14-6-4-3-5-7-14/h3-10H,11H2,1-2H3. The number of thioether (sulfide) groups is 1. The van der Waals surface area contributed by atoms with Crippen LogP contribution in [0.4, 0.5) is 0 Å². The average molecular weight is 296 g/mol. The molecular weight excluding hydrogens is 280 g/mol. The molecule has 0 radical (unpaired) electrons. The van der Waals surface area contributed by atoms with Crippen LogP contribution in [-0.4, -0.2) is 20.2 Å². The van der Waals surface area contributed by atoms with Gasteiger partial charge in [-0.25, -0.2) is 0 Å². The van der Waals surface area contributed by atoms with Crippen LogP contribution in [-0.2, 0) is 5.75 Å². The summed E-state index contributed by atoms with van der Waals surface area (Å²) in [5.41, 5.74) is 4.70. The maximum atomic E-state index is 4.14. The van der Waals surface area contributed by atoms with E-state index >= 15 is 0 Å². The first-order chi connectivity index (χ1) is 10.2. The first-order valence-corrected chi connectivity index (χ1v) is 7.75. The third kappa shape index (κ3) is 3.13. The molecule has 0 fully saturated rings. The van der Waals surface area contributed by atoms with Gasteiger partial charge in [-0.15, -0.1) is 5.10 Å². The molecule has 2 aromatic carbocycles. The molecule has 0 spiro atoms.